The first-order valence-corrected chi connectivity index (χ1v) is 7.69. The molecule has 3 aromatic carbocycles. The molecular weight excluding hydrogens is 300 g/mol. The van der Waals surface area contributed by atoms with Gasteiger partial charge < -0.3 is 9.47 Å². The quantitative estimate of drug-likeness (QED) is 0.507. The van der Waals surface area contributed by atoms with Gasteiger partial charge in [-0.3, -0.25) is 0 Å². The van der Waals surface area contributed by atoms with E-state index >= 15 is 0 Å². The molecule has 24 heavy (non-hydrogen) atoms. The number of ether oxygens (including phenoxy) is 2. The Bertz CT molecular complexity index is 816. The van der Waals surface area contributed by atoms with Crippen LogP contribution in [0.25, 0.3) is 11.1 Å². The summed E-state index contributed by atoms with van der Waals surface area (Å²) in [7, 11) is 1.64. The number of esters is 1. The molecule has 0 spiro atoms. The first-order chi connectivity index (χ1) is 11.7. The van der Waals surface area contributed by atoms with Crippen molar-refractivity contribution in [1.29, 1.82) is 0 Å². The number of carbonyl (C=O) groups excluding carboxylic acids is 1. The van der Waals surface area contributed by atoms with E-state index in [4.69, 9.17) is 9.47 Å². The zero-order valence-electron chi connectivity index (χ0n) is 13.7. The van der Waals surface area contributed by atoms with E-state index in [1.165, 1.54) is 0 Å². The monoisotopic (exact) mass is 318 g/mol. The smallest absolute Gasteiger partial charge is 0.343 e. The zero-order valence-corrected chi connectivity index (χ0v) is 13.7. The predicted molar refractivity (Wildman–Crippen MR) is 94.6 cm³/mol. The first-order valence-electron chi connectivity index (χ1n) is 7.69. The molecule has 0 radical (unpaired) electrons. The van der Waals surface area contributed by atoms with E-state index in [-0.39, 0.29) is 5.97 Å². The van der Waals surface area contributed by atoms with Gasteiger partial charge in [-0.1, -0.05) is 42.0 Å². The highest BCUT2D eigenvalue weighted by Crippen LogP contribution is 2.23. The van der Waals surface area contributed by atoms with Crippen LogP contribution in [-0.4, -0.2) is 13.1 Å². The van der Waals surface area contributed by atoms with E-state index in [0.29, 0.717) is 11.3 Å². The van der Waals surface area contributed by atoms with Gasteiger partial charge in [0.05, 0.1) is 12.7 Å². The highest BCUT2D eigenvalue weighted by Gasteiger charge is 2.09. The minimum atomic E-state index is -0.361. The van der Waals surface area contributed by atoms with E-state index in [2.05, 4.69) is 0 Å². The molecule has 0 aliphatic rings. The van der Waals surface area contributed by atoms with Crippen molar-refractivity contribution in [2.45, 2.75) is 6.92 Å². The van der Waals surface area contributed by atoms with Crippen molar-refractivity contribution in [3.63, 3.8) is 0 Å². The van der Waals surface area contributed by atoms with Crippen molar-refractivity contribution in [3.05, 3.63) is 83.9 Å². The van der Waals surface area contributed by atoms with Crippen molar-refractivity contribution in [3.8, 4) is 22.6 Å². The molecule has 0 saturated carbocycles. The lowest BCUT2D eigenvalue weighted by molar-refractivity contribution is 0.0735. The van der Waals surface area contributed by atoms with Crippen LogP contribution in [0.15, 0.2) is 72.8 Å². The summed E-state index contributed by atoms with van der Waals surface area (Å²) in [5.41, 5.74) is 3.74. The molecule has 3 aromatic rings. The van der Waals surface area contributed by atoms with Crippen molar-refractivity contribution in [2.75, 3.05) is 7.11 Å². The molecule has 0 fully saturated rings. The standard InChI is InChI=1S/C21H18O3/c1-15-3-11-20(12-4-15)24-21(22)18-7-5-16(6-8-18)17-9-13-19(23-2)14-10-17/h3-14H,1-2H3. The van der Waals surface area contributed by atoms with Crippen molar-refractivity contribution in [1.82, 2.24) is 0 Å². The third-order valence-corrected chi connectivity index (χ3v) is 3.78. The van der Waals surface area contributed by atoms with Gasteiger partial charge in [-0.05, 0) is 54.4 Å². The van der Waals surface area contributed by atoms with Gasteiger partial charge in [0.15, 0.2) is 0 Å². The second-order valence-corrected chi connectivity index (χ2v) is 5.51. The van der Waals surface area contributed by atoms with Crippen LogP contribution >= 0.6 is 0 Å². The van der Waals surface area contributed by atoms with Gasteiger partial charge in [-0.25, -0.2) is 4.79 Å². The maximum atomic E-state index is 12.2. The van der Waals surface area contributed by atoms with Gasteiger partial charge >= 0.3 is 5.97 Å². The lowest BCUT2D eigenvalue weighted by Crippen LogP contribution is -2.08. The van der Waals surface area contributed by atoms with E-state index < -0.39 is 0 Å². The van der Waals surface area contributed by atoms with Gasteiger partial charge in [0, 0.05) is 0 Å². The molecule has 0 aliphatic carbocycles. The number of rotatable bonds is 4. The fourth-order valence-electron chi connectivity index (χ4n) is 2.35. The van der Waals surface area contributed by atoms with E-state index in [1.54, 1.807) is 31.4 Å². The number of carbonyl (C=O) groups is 1. The summed E-state index contributed by atoms with van der Waals surface area (Å²) in [6.45, 7) is 1.99. The van der Waals surface area contributed by atoms with Crippen LogP contribution in [0.3, 0.4) is 0 Å². The SMILES string of the molecule is COc1ccc(-c2ccc(C(=O)Oc3ccc(C)cc3)cc2)cc1. The molecule has 0 saturated heterocycles. The first kappa shape index (κ1) is 15.8. The van der Waals surface area contributed by atoms with Crippen molar-refractivity contribution >= 4 is 5.97 Å². The highest BCUT2D eigenvalue weighted by molar-refractivity contribution is 5.91. The van der Waals surface area contributed by atoms with Crippen LogP contribution in [0.4, 0.5) is 0 Å². The Balaban J connectivity index is 1.73. The minimum Gasteiger partial charge on any atom is -0.497 e. The number of methoxy groups -OCH3 is 1. The van der Waals surface area contributed by atoms with Crippen molar-refractivity contribution < 1.29 is 14.3 Å². The molecule has 0 aliphatic heterocycles. The maximum absolute atomic E-state index is 12.2. The summed E-state index contributed by atoms with van der Waals surface area (Å²) in [5.74, 6) is 1.00. The molecule has 0 amide bonds. The Morgan fingerprint density at radius 3 is 1.75 bits per heavy atom. The van der Waals surface area contributed by atoms with Crippen LogP contribution in [0.5, 0.6) is 11.5 Å². The molecular formula is C21H18O3. The lowest BCUT2D eigenvalue weighted by atomic mass is 10.0. The third kappa shape index (κ3) is 3.63. The van der Waals surface area contributed by atoms with Crippen LogP contribution < -0.4 is 9.47 Å². The molecule has 0 atom stereocenters. The van der Waals surface area contributed by atoms with Crippen molar-refractivity contribution in [2.24, 2.45) is 0 Å². The van der Waals surface area contributed by atoms with Crippen LogP contribution in [0.2, 0.25) is 0 Å². The molecule has 0 aromatic heterocycles. The summed E-state index contributed by atoms with van der Waals surface area (Å²) in [6.07, 6.45) is 0. The molecule has 0 heterocycles. The van der Waals surface area contributed by atoms with Gasteiger partial charge in [-0.15, -0.1) is 0 Å². The normalized spacial score (nSPS) is 10.2. The highest BCUT2D eigenvalue weighted by atomic mass is 16.5. The summed E-state index contributed by atoms with van der Waals surface area (Å²) in [6, 6.07) is 22.6. The van der Waals surface area contributed by atoms with E-state index in [0.717, 1.165) is 22.4 Å². The fourth-order valence-corrected chi connectivity index (χ4v) is 2.35. The average molecular weight is 318 g/mol. The Morgan fingerprint density at radius 1 is 0.708 bits per heavy atom. The Hall–Kier alpha value is -3.07. The van der Waals surface area contributed by atoms with Gasteiger partial charge in [-0.2, -0.15) is 0 Å². The van der Waals surface area contributed by atoms with E-state index in [1.807, 2.05) is 55.5 Å². The van der Waals surface area contributed by atoms with Gasteiger partial charge in [0.2, 0.25) is 0 Å². The second-order valence-electron chi connectivity index (χ2n) is 5.51. The minimum absolute atomic E-state index is 0.361. The predicted octanol–water partition coefficient (Wildman–Crippen LogP) is 4.89. The van der Waals surface area contributed by atoms with E-state index in [9.17, 15) is 4.79 Å². The Kier molecular flexibility index (Phi) is 4.62. The summed E-state index contributed by atoms with van der Waals surface area (Å²) in [4.78, 5) is 12.2. The summed E-state index contributed by atoms with van der Waals surface area (Å²) >= 11 is 0. The zero-order chi connectivity index (χ0) is 16.9. The number of hydrogen-bond acceptors (Lipinski definition) is 3. The molecule has 0 bridgehead atoms. The van der Waals surface area contributed by atoms with Crippen LogP contribution in [-0.2, 0) is 0 Å². The average Bonchev–Trinajstić information content (AvgIpc) is 2.64. The molecule has 0 unspecified atom stereocenters. The molecule has 3 rings (SSSR count). The van der Waals surface area contributed by atoms with Gasteiger partial charge in [0.1, 0.15) is 11.5 Å². The molecule has 120 valence electrons. The third-order valence-electron chi connectivity index (χ3n) is 3.78. The largest absolute Gasteiger partial charge is 0.497 e. The Morgan fingerprint density at radius 2 is 1.21 bits per heavy atom. The van der Waals surface area contributed by atoms with Gasteiger partial charge in [0.25, 0.3) is 0 Å². The molecule has 0 N–H and O–H groups in total. The summed E-state index contributed by atoms with van der Waals surface area (Å²) in [5, 5.41) is 0. The second kappa shape index (κ2) is 7.01. The summed E-state index contributed by atoms with van der Waals surface area (Å²) < 4.78 is 10.5. The number of benzene rings is 3. The fraction of sp³-hybridized carbons (Fsp3) is 0.0952. The van der Waals surface area contributed by atoms with Crippen LogP contribution in [0.1, 0.15) is 15.9 Å². The Labute approximate surface area is 141 Å². The van der Waals surface area contributed by atoms with Crippen LogP contribution in [0, 0.1) is 6.92 Å². The maximum Gasteiger partial charge on any atom is 0.343 e. The molecule has 3 heteroatoms. The number of hydrogen-bond donors (Lipinski definition) is 0. The molecule has 3 nitrogen and oxygen atoms in total. The lowest BCUT2D eigenvalue weighted by Gasteiger charge is -2.07. The topological polar surface area (TPSA) is 35.5 Å². The number of aryl methyl sites for hydroxylation is 1.